The van der Waals surface area contributed by atoms with Crippen LogP contribution in [0.4, 0.5) is 22.0 Å². The lowest BCUT2D eigenvalue weighted by molar-refractivity contribution is 0.234. The van der Waals surface area contributed by atoms with E-state index in [9.17, 15) is 15.1 Å². The first-order valence-corrected chi connectivity index (χ1v) is 7.39. The van der Waals surface area contributed by atoms with E-state index in [4.69, 9.17) is 0 Å². The number of hydroxylamine groups is 1. The van der Waals surface area contributed by atoms with Crippen molar-refractivity contribution in [2.24, 2.45) is 4.99 Å². The van der Waals surface area contributed by atoms with Crippen molar-refractivity contribution in [3.63, 3.8) is 0 Å². The summed E-state index contributed by atoms with van der Waals surface area (Å²) in [6.45, 7) is 0. The lowest BCUT2D eigenvalue weighted by Crippen LogP contribution is -2.25. The van der Waals surface area contributed by atoms with Crippen LogP contribution in [0.25, 0.3) is 0 Å². The Morgan fingerprint density at radius 2 is 1.85 bits per heavy atom. The first-order chi connectivity index (χ1) is 12.7. The van der Waals surface area contributed by atoms with Gasteiger partial charge in [0, 0.05) is 11.8 Å². The van der Waals surface area contributed by atoms with Crippen molar-refractivity contribution in [3.8, 4) is 5.75 Å². The zero-order valence-corrected chi connectivity index (χ0v) is 13.2. The lowest BCUT2D eigenvalue weighted by atomic mass is 10.3. The van der Waals surface area contributed by atoms with Crippen molar-refractivity contribution < 1.29 is 19.7 Å². The molecule has 5 N–H and O–H groups in total. The molecule has 3 rings (SSSR count). The fraction of sp³-hybridized carbons (Fsp3) is 0. The van der Waals surface area contributed by atoms with Crippen LogP contribution in [0.3, 0.4) is 0 Å². The number of amides is 2. The third-order valence-corrected chi connectivity index (χ3v) is 3.15. The zero-order valence-electron chi connectivity index (χ0n) is 13.2. The number of benzene rings is 2. The topological polar surface area (TPSA) is 145 Å². The van der Waals surface area contributed by atoms with Crippen LogP contribution in [0.15, 0.2) is 64.2 Å². The summed E-state index contributed by atoms with van der Waals surface area (Å²) in [5.74, 6) is -0.187. The molecular formula is C16H14N6O4. The quantitative estimate of drug-likeness (QED) is 0.275. The highest BCUT2D eigenvalue weighted by Gasteiger charge is 2.18. The Morgan fingerprint density at radius 1 is 1.04 bits per heavy atom. The monoisotopic (exact) mass is 354 g/mol. The normalized spacial score (nSPS) is 11.0. The van der Waals surface area contributed by atoms with Crippen LogP contribution in [0.2, 0.25) is 0 Å². The molecule has 2 amide bonds. The number of aromatic hydroxyl groups is 1. The third-order valence-electron chi connectivity index (χ3n) is 3.15. The van der Waals surface area contributed by atoms with E-state index in [1.54, 1.807) is 36.4 Å². The van der Waals surface area contributed by atoms with Crippen molar-refractivity contribution >= 4 is 29.1 Å². The first kappa shape index (κ1) is 16.9. The van der Waals surface area contributed by atoms with Crippen LogP contribution < -0.4 is 16.1 Å². The Balaban J connectivity index is 1.79. The molecule has 1 heterocycles. The molecule has 0 atom stereocenters. The zero-order chi connectivity index (χ0) is 18.4. The van der Waals surface area contributed by atoms with Crippen molar-refractivity contribution in [2.75, 3.05) is 10.6 Å². The summed E-state index contributed by atoms with van der Waals surface area (Å²) in [5.41, 5.74) is 2.76. The number of aliphatic imine (C=N–C) groups is 1. The Kier molecular flexibility index (Phi) is 5.05. The molecule has 3 aromatic rings. The van der Waals surface area contributed by atoms with Gasteiger partial charge >= 0.3 is 6.03 Å². The number of anilines is 2. The van der Waals surface area contributed by atoms with Crippen LogP contribution in [-0.2, 0) is 0 Å². The molecule has 0 aliphatic heterocycles. The summed E-state index contributed by atoms with van der Waals surface area (Å²) in [6.07, 6.45) is 0. The van der Waals surface area contributed by atoms with E-state index >= 15 is 0 Å². The van der Waals surface area contributed by atoms with Gasteiger partial charge in [-0.15, -0.1) is 0 Å². The summed E-state index contributed by atoms with van der Waals surface area (Å²) >= 11 is 0. The van der Waals surface area contributed by atoms with Crippen molar-refractivity contribution in [2.45, 2.75) is 0 Å². The summed E-state index contributed by atoms with van der Waals surface area (Å²) in [4.78, 5) is 16.2. The van der Waals surface area contributed by atoms with E-state index in [0.29, 0.717) is 11.4 Å². The molecule has 0 unspecified atom stereocenters. The molecule has 1 aromatic heterocycles. The number of aromatic nitrogens is 2. The van der Waals surface area contributed by atoms with E-state index in [-0.39, 0.29) is 23.1 Å². The summed E-state index contributed by atoms with van der Waals surface area (Å²) < 4.78 is 4.62. The predicted octanol–water partition coefficient (Wildman–Crippen LogP) is 2.48. The number of para-hydroxylation sites is 1. The smallest absolute Gasteiger partial charge is 0.325 e. The Hall–Kier alpha value is -3.92. The molecule has 0 saturated heterocycles. The molecular weight excluding hydrogens is 340 g/mol. The number of rotatable bonds is 4. The number of nitrogens with one attached hydrogen (secondary N) is 3. The van der Waals surface area contributed by atoms with E-state index in [1.807, 2.05) is 11.5 Å². The second-order valence-corrected chi connectivity index (χ2v) is 5.00. The summed E-state index contributed by atoms with van der Waals surface area (Å²) in [7, 11) is 0. The number of carbonyl (C=O) groups is 1. The molecule has 0 spiro atoms. The van der Waals surface area contributed by atoms with Gasteiger partial charge in [-0.1, -0.05) is 24.3 Å². The summed E-state index contributed by atoms with van der Waals surface area (Å²) in [6, 6.07) is 14.2. The number of urea groups is 1. The highest BCUT2D eigenvalue weighted by molar-refractivity contribution is 6.06. The van der Waals surface area contributed by atoms with Gasteiger partial charge in [-0.25, -0.2) is 14.4 Å². The predicted molar refractivity (Wildman–Crippen MR) is 92.6 cm³/mol. The maximum absolute atomic E-state index is 12.1. The van der Waals surface area contributed by atoms with Crippen LogP contribution in [0, 0.1) is 0 Å². The van der Waals surface area contributed by atoms with Crippen molar-refractivity contribution in [1.29, 1.82) is 0 Å². The number of hydrogen-bond donors (Lipinski definition) is 5. The number of phenolic OH excluding ortho intramolecular Hbond substituents is 1. The van der Waals surface area contributed by atoms with Gasteiger partial charge in [-0.05, 0) is 34.6 Å². The van der Waals surface area contributed by atoms with Gasteiger partial charge in [0.05, 0.1) is 5.69 Å². The fourth-order valence-electron chi connectivity index (χ4n) is 2.04. The second-order valence-electron chi connectivity index (χ2n) is 5.00. The SMILES string of the molecule is O=C(Nc1ccccc1)Nc1nonc1C(=Nc1cccc(O)c1)NO. The highest BCUT2D eigenvalue weighted by atomic mass is 16.6. The summed E-state index contributed by atoms with van der Waals surface area (Å²) in [5, 5.41) is 31.1. The minimum absolute atomic E-state index is 0.00223. The van der Waals surface area contributed by atoms with E-state index in [0.717, 1.165) is 0 Å². The number of nitrogens with zero attached hydrogens (tertiary/aromatic N) is 3. The minimum atomic E-state index is -0.581. The minimum Gasteiger partial charge on any atom is -0.508 e. The van der Waals surface area contributed by atoms with Crippen LogP contribution in [0.5, 0.6) is 5.75 Å². The molecule has 0 saturated carbocycles. The second kappa shape index (κ2) is 7.77. The standard InChI is InChI=1S/C16H14N6O4/c23-12-8-4-7-11(9-12)17-14(20-25)13-15(22-26-21-13)19-16(24)18-10-5-2-1-3-6-10/h1-9,23,25H,(H,17,20)(H2,18,19,22,24). The molecule has 10 heteroatoms. The van der Waals surface area contributed by atoms with E-state index in [1.165, 1.54) is 12.1 Å². The van der Waals surface area contributed by atoms with Crippen molar-refractivity contribution in [3.05, 3.63) is 60.3 Å². The van der Waals surface area contributed by atoms with Gasteiger partial charge in [-0.2, -0.15) is 0 Å². The van der Waals surface area contributed by atoms with E-state index in [2.05, 4.69) is 30.6 Å². The fourth-order valence-corrected chi connectivity index (χ4v) is 2.04. The van der Waals surface area contributed by atoms with Gasteiger partial charge in [0.25, 0.3) is 0 Å². The molecule has 132 valence electrons. The maximum atomic E-state index is 12.1. The lowest BCUT2D eigenvalue weighted by Gasteiger charge is -2.06. The Labute approximate surface area is 147 Å². The van der Waals surface area contributed by atoms with Crippen molar-refractivity contribution in [1.82, 2.24) is 15.8 Å². The Bertz CT molecular complexity index is 925. The molecule has 0 radical (unpaired) electrons. The molecule has 0 aliphatic rings. The third kappa shape index (κ3) is 4.13. The van der Waals surface area contributed by atoms with E-state index < -0.39 is 6.03 Å². The molecule has 26 heavy (non-hydrogen) atoms. The first-order valence-electron chi connectivity index (χ1n) is 7.39. The highest BCUT2D eigenvalue weighted by Crippen LogP contribution is 2.20. The van der Waals surface area contributed by atoms with Gasteiger partial charge in [-0.3, -0.25) is 16.0 Å². The number of amidine groups is 1. The van der Waals surface area contributed by atoms with Crippen LogP contribution in [-0.4, -0.2) is 32.5 Å². The number of phenols is 1. The Morgan fingerprint density at radius 3 is 2.58 bits per heavy atom. The number of carbonyl (C=O) groups excluding carboxylic acids is 1. The van der Waals surface area contributed by atoms with Crippen LogP contribution in [0.1, 0.15) is 5.69 Å². The molecule has 0 aliphatic carbocycles. The van der Waals surface area contributed by atoms with Gasteiger partial charge in [0.2, 0.25) is 5.82 Å². The van der Waals surface area contributed by atoms with Crippen LogP contribution >= 0.6 is 0 Å². The van der Waals surface area contributed by atoms with Gasteiger partial charge in [0.15, 0.2) is 11.5 Å². The molecule has 0 fully saturated rings. The van der Waals surface area contributed by atoms with Gasteiger partial charge < -0.3 is 10.4 Å². The van der Waals surface area contributed by atoms with Gasteiger partial charge in [0.1, 0.15) is 5.75 Å². The largest absolute Gasteiger partial charge is 0.508 e. The molecule has 10 nitrogen and oxygen atoms in total. The average molecular weight is 354 g/mol. The molecule has 0 bridgehead atoms. The average Bonchev–Trinajstić information content (AvgIpc) is 3.08. The molecule has 2 aromatic carbocycles. The maximum Gasteiger partial charge on any atom is 0.325 e. The number of hydrogen-bond acceptors (Lipinski definition) is 7.